The van der Waals surface area contributed by atoms with Crippen molar-refractivity contribution in [1.29, 1.82) is 0 Å². The number of aromatic nitrogens is 1. The zero-order valence-electron chi connectivity index (χ0n) is 13.0. The first-order valence-electron chi connectivity index (χ1n) is 7.47. The molecule has 2 aromatic rings. The summed E-state index contributed by atoms with van der Waals surface area (Å²) in [6, 6.07) is 8.04. The third-order valence-electron chi connectivity index (χ3n) is 4.06. The topological polar surface area (TPSA) is 86.9 Å². The van der Waals surface area contributed by atoms with E-state index in [1.165, 1.54) is 4.90 Å². The van der Waals surface area contributed by atoms with Gasteiger partial charge >= 0.3 is 6.09 Å². The normalized spacial score (nSPS) is 17.1. The van der Waals surface area contributed by atoms with E-state index in [-0.39, 0.29) is 5.91 Å². The smallest absolute Gasteiger partial charge is 0.407 e. The summed E-state index contributed by atoms with van der Waals surface area (Å²) in [5.74, 6) is 0.488. The highest BCUT2D eigenvalue weighted by Crippen LogP contribution is 2.27. The summed E-state index contributed by atoms with van der Waals surface area (Å²) in [6.45, 7) is 0.367. The first kappa shape index (κ1) is 16.3. The molecule has 8 heteroatoms. The average Bonchev–Trinajstić information content (AvgIpc) is 3.22. The number of amides is 2. The summed E-state index contributed by atoms with van der Waals surface area (Å²) in [5, 5.41) is 13.6. The van der Waals surface area contributed by atoms with Gasteiger partial charge in [0, 0.05) is 30.2 Å². The van der Waals surface area contributed by atoms with Crippen LogP contribution < -0.4 is 4.90 Å². The summed E-state index contributed by atoms with van der Waals surface area (Å²) in [4.78, 5) is 26.3. The number of likely N-dealkylation sites (tertiary alicyclic amines) is 1. The van der Waals surface area contributed by atoms with Crippen LogP contribution in [0, 0.1) is 0 Å². The lowest BCUT2D eigenvalue weighted by Crippen LogP contribution is -2.46. The third kappa shape index (κ3) is 3.07. The fourth-order valence-electron chi connectivity index (χ4n) is 2.79. The zero-order valence-corrected chi connectivity index (χ0v) is 13.7. The Morgan fingerprint density at radius 1 is 1.42 bits per heavy atom. The monoisotopic (exact) mass is 349 g/mol. The molecule has 1 aromatic carbocycles. The fourth-order valence-corrected chi connectivity index (χ4v) is 2.98. The van der Waals surface area contributed by atoms with Crippen LogP contribution in [-0.4, -0.2) is 46.8 Å². The van der Waals surface area contributed by atoms with Crippen LogP contribution in [0.3, 0.4) is 0 Å². The first-order valence-corrected chi connectivity index (χ1v) is 7.85. The molecule has 24 heavy (non-hydrogen) atoms. The molecular formula is C16H16ClN3O4. The van der Waals surface area contributed by atoms with Crippen molar-refractivity contribution in [3.8, 4) is 11.3 Å². The van der Waals surface area contributed by atoms with E-state index in [0.29, 0.717) is 36.0 Å². The van der Waals surface area contributed by atoms with E-state index < -0.39 is 12.1 Å². The van der Waals surface area contributed by atoms with Gasteiger partial charge in [0.25, 0.3) is 5.91 Å². The van der Waals surface area contributed by atoms with E-state index >= 15 is 0 Å². The molecule has 7 nitrogen and oxygen atoms in total. The Balaban J connectivity index is 1.79. The predicted octanol–water partition coefficient (Wildman–Crippen LogP) is 3.10. The van der Waals surface area contributed by atoms with Crippen molar-refractivity contribution in [3.63, 3.8) is 0 Å². The van der Waals surface area contributed by atoms with Crippen LogP contribution in [0.5, 0.6) is 0 Å². The van der Waals surface area contributed by atoms with E-state index in [1.807, 2.05) is 6.07 Å². The Hall–Kier alpha value is -2.54. The third-order valence-corrected chi connectivity index (χ3v) is 4.30. The van der Waals surface area contributed by atoms with E-state index in [9.17, 15) is 14.7 Å². The van der Waals surface area contributed by atoms with Gasteiger partial charge in [-0.25, -0.2) is 4.79 Å². The molecule has 1 unspecified atom stereocenters. The number of benzene rings is 1. The number of rotatable bonds is 3. The lowest BCUT2D eigenvalue weighted by molar-refractivity contribution is -0.122. The standard InChI is InChI=1S/C16H16ClN3O4/c1-19(15(21)12-6-3-7-20(12)16(22)23)14-9-13(24-18-14)10-4-2-5-11(17)8-10/h2,4-5,8-9,12H,3,6-7H2,1H3,(H,22,23). The van der Waals surface area contributed by atoms with E-state index in [2.05, 4.69) is 5.16 Å². The Morgan fingerprint density at radius 2 is 2.21 bits per heavy atom. The SMILES string of the molecule is CN(C(=O)C1CCCN1C(=O)O)c1cc(-c2cccc(Cl)c2)on1. The minimum Gasteiger partial charge on any atom is -0.465 e. The van der Waals surface area contributed by atoms with Gasteiger partial charge in [0.1, 0.15) is 6.04 Å². The van der Waals surface area contributed by atoms with Gasteiger partial charge in [-0.15, -0.1) is 0 Å². The zero-order chi connectivity index (χ0) is 17.3. The lowest BCUT2D eigenvalue weighted by atomic mass is 10.1. The van der Waals surface area contributed by atoms with Crippen LogP contribution in [-0.2, 0) is 4.79 Å². The number of likely N-dealkylation sites (N-methyl/N-ethyl adjacent to an activating group) is 1. The molecule has 0 saturated carbocycles. The molecule has 1 fully saturated rings. The summed E-state index contributed by atoms with van der Waals surface area (Å²) < 4.78 is 5.28. The summed E-state index contributed by atoms with van der Waals surface area (Å²) in [6.07, 6.45) is 0.0939. The quantitative estimate of drug-likeness (QED) is 0.920. The predicted molar refractivity (Wildman–Crippen MR) is 88.1 cm³/mol. The van der Waals surface area contributed by atoms with Crippen molar-refractivity contribution in [2.75, 3.05) is 18.5 Å². The van der Waals surface area contributed by atoms with Crippen LogP contribution in [0.1, 0.15) is 12.8 Å². The van der Waals surface area contributed by atoms with Crippen molar-refractivity contribution >= 4 is 29.4 Å². The van der Waals surface area contributed by atoms with Gasteiger partial charge in [0.05, 0.1) is 0 Å². The second-order valence-electron chi connectivity index (χ2n) is 5.59. The number of hydrogen-bond acceptors (Lipinski definition) is 4. The van der Waals surface area contributed by atoms with Crippen molar-refractivity contribution < 1.29 is 19.2 Å². The molecule has 1 atom stereocenters. The molecule has 0 bridgehead atoms. The van der Waals surface area contributed by atoms with E-state index in [1.54, 1.807) is 31.3 Å². The van der Waals surface area contributed by atoms with Crippen LogP contribution in [0.25, 0.3) is 11.3 Å². The lowest BCUT2D eigenvalue weighted by Gasteiger charge is -2.24. The summed E-state index contributed by atoms with van der Waals surface area (Å²) >= 11 is 5.96. The highest BCUT2D eigenvalue weighted by Gasteiger charge is 2.36. The maximum atomic E-state index is 12.6. The molecule has 1 N–H and O–H groups in total. The molecule has 1 aliphatic heterocycles. The molecule has 1 aromatic heterocycles. The number of carbonyl (C=O) groups excluding carboxylic acids is 1. The average molecular weight is 350 g/mol. The number of nitrogens with zero attached hydrogens (tertiary/aromatic N) is 3. The van der Waals surface area contributed by atoms with E-state index in [0.717, 1.165) is 10.5 Å². The van der Waals surface area contributed by atoms with Crippen molar-refractivity contribution in [3.05, 3.63) is 35.4 Å². The highest BCUT2D eigenvalue weighted by molar-refractivity contribution is 6.30. The van der Waals surface area contributed by atoms with Gasteiger partial charge in [-0.2, -0.15) is 0 Å². The maximum absolute atomic E-state index is 12.6. The van der Waals surface area contributed by atoms with Crippen molar-refractivity contribution in [1.82, 2.24) is 10.1 Å². The molecule has 1 saturated heterocycles. The minimum absolute atomic E-state index is 0.319. The molecule has 126 valence electrons. The Kier molecular flexibility index (Phi) is 4.44. The van der Waals surface area contributed by atoms with Crippen LogP contribution >= 0.6 is 11.6 Å². The fraction of sp³-hybridized carbons (Fsp3) is 0.312. The molecule has 3 rings (SSSR count). The number of carbonyl (C=O) groups is 2. The second-order valence-corrected chi connectivity index (χ2v) is 6.03. The minimum atomic E-state index is -1.08. The van der Waals surface area contributed by atoms with Crippen molar-refractivity contribution in [2.45, 2.75) is 18.9 Å². The second kappa shape index (κ2) is 6.52. The molecule has 0 radical (unpaired) electrons. The molecule has 2 heterocycles. The van der Waals surface area contributed by atoms with Gasteiger partial charge < -0.3 is 9.63 Å². The highest BCUT2D eigenvalue weighted by atomic mass is 35.5. The van der Waals surface area contributed by atoms with E-state index in [4.69, 9.17) is 16.1 Å². The number of halogens is 1. The van der Waals surface area contributed by atoms with Gasteiger partial charge in [0.15, 0.2) is 11.6 Å². The summed E-state index contributed by atoms with van der Waals surface area (Å²) in [5.41, 5.74) is 0.745. The van der Waals surface area contributed by atoms with Gasteiger partial charge in [-0.05, 0) is 25.0 Å². The number of anilines is 1. The Bertz CT molecular complexity index is 776. The summed E-state index contributed by atoms with van der Waals surface area (Å²) in [7, 11) is 1.56. The molecule has 1 aliphatic rings. The van der Waals surface area contributed by atoms with Crippen LogP contribution in [0.2, 0.25) is 5.02 Å². The van der Waals surface area contributed by atoms with Gasteiger partial charge in [-0.1, -0.05) is 28.9 Å². The number of hydrogen-bond donors (Lipinski definition) is 1. The first-order chi connectivity index (χ1) is 11.5. The maximum Gasteiger partial charge on any atom is 0.407 e. The number of carboxylic acid groups (broad SMARTS) is 1. The molecule has 0 aliphatic carbocycles. The van der Waals surface area contributed by atoms with Crippen LogP contribution in [0.15, 0.2) is 34.9 Å². The van der Waals surface area contributed by atoms with Gasteiger partial charge in [-0.3, -0.25) is 14.6 Å². The van der Waals surface area contributed by atoms with Gasteiger partial charge in [0.2, 0.25) is 0 Å². The molecule has 0 spiro atoms. The molecular weight excluding hydrogens is 334 g/mol. The Morgan fingerprint density at radius 3 is 2.92 bits per heavy atom. The van der Waals surface area contributed by atoms with Crippen molar-refractivity contribution in [2.24, 2.45) is 0 Å². The largest absolute Gasteiger partial charge is 0.465 e. The molecule has 2 amide bonds. The Labute approximate surface area is 143 Å². The van der Waals surface area contributed by atoms with Crippen LogP contribution in [0.4, 0.5) is 10.6 Å².